The number of nitrogens with zero attached hydrogens (tertiary/aromatic N) is 2. The van der Waals surface area contributed by atoms with Crippen LogP contribution in [0.25, 0.3) is 21.7 Å². The highest BCUT2D eigenvalue weighted by Crippen LogP contribution is 2.32. The van der Waals surface area contributed by atoms with Gasteiger partial charge in [0.1, 0.15) is 11.8 Å². The summed E-state index contributed by atoms with van der Waals surface area (Å²) in [5.41, 5.74) is 3.02. The predicted molar refractivity (Wildman–Crippen MR) is 126 cm³/mol. The van der Waals surface area contributed by atoms with Gasteiger partial charge < -0.3 is 14.8 Å². The molecule has 0 amide bonds. The lowest BCUT2D eigenvalue weighted by Crippen LogP contribution is -2.48. The topological polar surface area (TPSA) is 68.8 Å². The van der Waals surface area contributed by atoms with Gasteiger partial charge in [-0.2, -0.15) is 0 Å². The van der Waals surface area contributed by atoms with Gasteiger partial charge in [0.15, 0.2) is 0 Å². The van der Waals surface area contributed by atoms with Crippen LogP contribution in [0, 0.1) is 0 Å². The van der Waals surface area contributed by atoms with E-state index in [1.165, 1.54) is 16.3 Å². The molecule has 0 aliphatic carbocycles. The minimum absolute atomic E-state index is 0.685. The molecule has 0 saturated carbocycles. The average Bonchev–Trinajstić information content (AvgIpc) is 3.23. The summed E-state index contributed by atoms with van der Waals surface area (Å²) in [6, 6.07) is 19.9. The Labute approximate surface area is 187 Å². The van der Waals surface area contributed by atoms with Gasteiger partial charge in [0, 0.05) is 55.4 Å². The summed E-state index contributed by atoms with van der Waals surface area (Å²) in [6.45, 7) is 3.95. The quantitative estimate of drug-likeness (QED) is 0.479. The van der Waals surface area contributed by atoms with Crippen LogP contribution < -0.4 is 4.74 Å². The van der Waals surface area contributed by atoms with Crippen molar-refractivity contribution in [3.05, 3.63) is 78.0 Å². The number of hydrogen-bond donors (Lipinski definition) is 2. The number of carboxylic acids is 1. The van der Waals surface area contributed by atoms with Crippen molar-refractivity contribution >= 4 is 27.6 Å². The Morgan fingerprint density at radius 3 is 2.59 bits per heavy atom. The highest BCUT2D eigenvalue weighted by molar-refractivity contribution is 5.90. The number of carbonyl (C=O) groups is 1. The smallest absolute Gasteiger partial charge is 0.325 e. The van der Waals surface area contributed by atoms with Crippen molar-refractivity contribution in [1.29, 1.82) is 0 Å². The van der Waals surface area contributed by atoms with Gasteiger partial charge in [0.25, 0.3) is 0 Å². The number of aliphatic carboxylic acids is 1. The van der Waals surface area contributed by atoms with Crippen LogP contribution in [0.3, 0.4) is 0 Å². The molecule has 4 aromatic rings. The normalized spacial score (nSPS) is 16.4. The van der Waals surface area contributed by atoms with Crippen molar-refractivity contribution in [2.75, 3.05) is 33.3 Å². The van der Waals surface area contributed by atoms with Crippen LogP contribution in [0.1, 0.15) is 17.2 Å². The second-order valence-electron chi connectivity index (χ2n) is 8.35. The Bertz CT molecular complexity index is 1250. The van der Waals surface area contributed by atoms with Crippen LogP contribution in [-0.4, -0.2) is 59.1 Å². The number of nitrogens with one attached hydrogen (secondary N) is 1. The van der Waals surface area contributed by atoms with E-state index >= 15 is 0 Å². The summed E-state index contributed by atoms with van der Waals surface area (Å²) >= 11 is 0. The van der Waals surface area contributed by atoms with Gasteiger partial charge in [-0.25, -0.2) is 0 Å². The van der Waals surface area contributed by atoms with Crippen molar-refractivity contribution in [2.45, 2.75) is 12.6 Å². The molecule has 1 saturated heterocycles. The molecule has 2 heterocycles. The maximum absolute atomic E-state index is 12.3. The number of hydrogen-bond acceptors (Lipinski definition) is 4. The molecule has 32 heavy (non-hydrogen) atoms. The van der Waals surface area contributed by atoms with E-state index in [4.69, 9.17) is 4.74 Å². The molecule has 1 aliphatic heterocycles. The van der Waals surface area contributed by atoms with Crippen molar-refractivity contribution in [1.82, 2.24) is 14.8 Å². The standard InChI is InChI=1S/C26H27N3O3/c1-32-20-9-10-24-22(15-20)23(16-27-24)25(26(30)31)29-13-11-28(12-14-29)17-19-7-4-6-18-5-2-3-8-21(18)19/h2-10,15-16,25,27H,11-14,17H2,1H3,(H,30,31). The van der Waals surface area contributed by atoms with Gasteiger partial charge in [0.2, 0.25) is 0 Å². The highest BCUT2D eigenvalue weighted by Gasteiger charge is 2.32. The largest absolute Gasteiger partial charge is 0.497 e. The second-order valence-corrected chi connectivity index (χ2v) is 8.35. The third kappa shape index (κ3) is 3.83. The number of benzene rings is 3. The third-order valence-electron chi connectivity index (χ3n) is 6.50. The Hall–Kier alpha value is -3.35. The molecular weight excluding hydrogens is 402 g/mol. The van der Waals surface area contributed by atoms with Gasteiger partial charge in [-0.3, -0.25) is 14.6 Å². The molecule has 0 radical (unpaired) electrons. The number of carboxylic acid groups (broad SMARTS) is 1. The molecular formula is C26H27N3O3. The van der Waals surface area contributed by atoms with E-state index in [2.05, 4.69) is 57.2 Å². The van der Waals surface area contributed by atoms with E-state index in [1.807, 2.05) is 24.4 Å². The molecule has 2 N–H and O–H groups in total. The molecule has 1 fully saturated rings. The number of H-pyrrole nitrogens is 1. The van der Waals surface area contributed by atoms with E-state index in [-0.39, 0.29) is 0 Å². The second kappa shape index (κ2) is 8.65. The first-order valence-corrected chi connectivity index (χ1v) is 10.9. The minimum atomic E-state index is -0.823. The molecule has 0 spiro atoms. The van der Waals surface area contributed by atoms with Crippen LogP contribution in [0.15, 0.2) is 66.9 Å². The number of ether oxygens (including phenoxy) is 1. The molecule has 1 aliphatic rings. The fourth-order valence-corrected chi connectivity index (χ4v) is 4.81. The molecule has 3 aromatic carbocycles. The minimum Gasteiger partial charge on any atom is -0.497 e. The van der Waals surface area contributed by atoms with Gasteiger partial charge in [-0.1, -0.05) is 42.5 Å². The van der Waals surface area contributed by atoms with Gasteiger partial charge in [-0.05, 0) is 34.5 Å². The molecule has 6 heteroatoms. The summed E-state index contributed by atoms with van der Waals surface area (Å²) in [5, 5.41) is 13.5. The molecule has 5 rings (SSSR count). The lowest BCUT2D eigenvalue weighted by atomic mass is 10.0. The van der Waals surface area contributed by atoms with Crippen LogP contribution in [-0.2, 0) is 11.3 Å². The number of fused-ring (bicyclic) bond motifs is 2. The maximum atomic E-state index is 12.3. The lowest BCUT2D eigenvalue weighted by molar-refractivity contribution is -0.144. The van der Waals surface area contributed by atoms with Crippen molar-refractivity contribution < 1.29 is 14.6 Å². The number of aromatic amines is 1. The summed E-state index contributed by atoms with van der Waals surface area (Å²) in [4.78, 5) is 20.0. The Kier molecular flexibility index (Phi) is 5.55. The van der Waals surface area contributed by atoms with Gasteiger partial charge in [-0.15, -0.1) is 0 Å². The lowest BCUT2D eigenvalue weighted by Gasteiger charge is -2.37. The molecule has 0 bridgehead atoms. The fourth-order valence-electron chi connectivity index (χ4n) is 4.81. The van der Waals surface area contributed by atoms with Gasteiger partial charge >= 0.3 is 5.97 Å². The fraction of sp³-hybridized carbons (Fsp3) is 0.269. The SMILES string of the molecule is COc1ccc2[nH]cc(C(C(=O)O)N3CCN(Cc4cccc5ccccc45)CC3)c2c1. The van der Waals surface area contributed by atoms with E-state index < -0.39 is 12.0 Å². The Balaban J connectivity index is 1.34. The average molecular weight is 430 g/mol. The number of piperazine rings is 1. The number of rotatable bonds is 6. The molecule has 1 unspecified atom stereocenters. The van der Waals surface area contributed by atoms with E-state index in [0.717, 1.165) is 41.9 Å². The molecule has 164 valence electrons. The molecule has 6 nitrogen and oxygen atoms in total. The summed E-state index contributed by atoms with van der Waals surface area (Å²) in [5.74, 6) is -0.0985. The van der Waals surface area contributed by atoms with Crippen molar-refractivity contribution in [2.24, 2.45) is 0 Å². The summed E-state index contributed by atoms with van der Waals surface area (Å²) in [7, 11) is 1.62. The third-order valence-corrected chi connectivity index (χ3v) is 6.50. The first kappa shape index (κ1) is 20.5. The predicted octanol–water partition coefficient (Wildman–Crippen LogP) is 4.27. The number of aromatic nitrogens is 1. The molecule has 1 atom stereocenters. The zero-order valence-corrected chi connectivity index (χ0v) is 18.1. The maximum Gasteiger partial charge on any atom is 0.325 e. The van der Waals surface area contributed by atoms with Gasteiger partial charge in [0.05, 0.1) is 7.11 Å². The Morgan fingerprint density at radius 2 is 1.81 bits per heavy atom. The van der Waals surface area contributed by atoms with E-state index in [1.54, 1.807) is 7.11 Å². The van der Waals surface area contributed by atoms with Crippen molar-refractivity contribution in [3.63, 3.8) is 0 Å². The van der Waals surface area contributed by atoms with Crippen LogP contribution in [0.2, 0.25) is 0 Å². The van der Waals surface area contributed by atoms with Crippen LogP contribution in [0.4, 0.5) is 0 Å². The summed E-state index contributed by atoms with van der Waals surface area (Å²) in [6.07, 6.45) is 1.82. The molecule has 1 aromatic heterocycles. The van der Waals surface area contributed by atoms with E-state index in [0.29, 0.717) is 13.1 Å². The van der Waals surface area contributed by atoms with Crippen LogP contribution in [0.5, 0.6) is 5.75 Å². The number of methoxy groups -OCH3 is 1. The highest BCUT2D eigenvalue weighted by atomic mass is 16.5. The van der Waals surface area contributed by atoms with E-state index in [9.17, 15) is 9.90 Å². The monoisotopic (exact) mass is 429 g/mol. The Morgan fingerprint density at radius 1 is 1.03 bits per heavy atom. The summed E-state index contributed by atoms with van der Waals surface area (Å²) < 4.78 is 5.35. The first-order valence-electron chi connectivity index (χ1n) is 10.9. The zero-order chi connectivity index (χ0) is 22.1. The first-order chi connectivity index (χ1) is 15.6. The van der Waals surface area contributed by atoms with Crippen molar-refractivity contribution in [3.8, 4) is 5.75 Å². The van der Waals surface area contributed by atoms with Crippen LogP contribution >= 0.6 is 0 Å². The zero-order valence-electron chi connectivity index (χ0n) is 18.1.